The summed E-state index contributed by atoms with van der Waals surface area (Å²) in [4.78, 5) is 36.9. The number of rotatable bonds is 6. The summed E-state index contributed by atoms with van der Waals surface area (Å²) >= 11 is 1.34. The molecular formula is C17H20N4O5S. The summed E-state index contributed by atoms with van der Waals surface area (Å²) in [6.45, 7) is 3.99. The molecule has 144 valence electrons. The second-order valence-corrected chi connectivity index (χ2v) is 7.15. The first-order valence-corrected chi connectivity index (χ1v) is 9.62. The maximum atomic E-state index is 12.8. The Hall–Kier alpha value is -2.75. The van der Waals surface area contributed by atoms with Gasteiger partial charge in [0.1, 0.15) is 11.2 Å². The van der Waals surface area contributed by atoms with Crippen LogP contribution >= 0.6 is 11.3 Å². The lowest BCUT2D eigenvalue weighted by Crippen LogP contribution is -2.20. The number of hydrogen-bond donors (Lipinski definition) is 1. The molecule has 1 aliphatic carbocycles. The normalized spacial score (nSPS) is 13.1. The summed E-state index contributed by atoms with van der Waals surface area (Å²) in [5.41, 5.74) is 0.783. The number of aryl methyl sites for hydroxylation is 2. The van der Waals surface area contributed by atoms with Gasteiger partial charge in [-0.25, -0.2) is 4.79 Å². The van der Waals surface area contributed by atoms with Crippen molar-refractivity contribution < 1.29 is 19.2 Å². The molecule has 2 aromatic rings. The third kappa shape index (κ3) is 3.57. The Bertz CT molecular complexity index is 902. The molecule has 0 spiro atoms. The van der Waals surface area contributed by atoms with Crippen LogP contribution in [0.15, 0.2) is 6.20 Å². The van der Waals surface area contributed by atoms with E-state index in [0.717, 1.165) is 42.3 Å². The van der Waals surface area contributed by atoms with Gasteiger partial charge in [0.2, 0.25) is 5.69 Å². The molecule has 1 N–H and O–H groups in total. The van der Waals surface area contributed by atoms with Gasteiger partial charge < -0.3 is 10.1 Å². The Morgan fingerprint density at radius 2 is 2.11 bits per heavy atom. The fraction of sp³-hybridized carbons (Fsp3) is 0.471. The lowest BCUT2D eigenvalue weighted by atomic mass is 9.95. The molecule has 27 heavy (non-hydrogen) atoms. The highest BCUT2D eigenvalue weighted by molar-refractivity contribution is 7.17. The van der Waals surface area contributed by atoms with E-state index >= 15 is 0 Å². The van der Waals surface area contributed by atoms with Crippen LogP contribution in [-0.4, -0.2) is 33.2 Å². The van der Waals surface area contributed by atoms with Crippen LogP contribution in [0.5, 0.6) is 0 Å². The summed E-state index contributed by atoms with van der Waals surface area (Å²) in [7, 11) is 0. The Morgan fingerprint density at radius 1 is 1.37 bits per heavy atom. The number of esters is 1. The van der Waals surface area contributed by atoms with Gasteiger partial charge in [-0.15, -0.1) is 11.3 Å². The summed E-state index contributed by atoms with van der Waals surface area (Å²) < 4.78 is 6.43. The molecule has 0 fully saturated rings. The third-order valence-corrected chi connectivity index (χ3v) is 5.62. The van der Waals surface area contributed by atoms with Gasteiger partial charge in [-0.1, -0.05) is 0 Å². The largest absolute Gasteiger partial charge is 0.462 e. The fourth-order valence-electron chi connectivity index (χ4n) is 3.22. The molecule has 0 bridgehead atoms. The molecular weight excluding hydrogens is 372 g/mol. The summed E-state index contributed by atoms with van der Waals surface area (Å²) in [5.74, 6) is -1.14. The van der Waals surface area contributed by atoms with Gasteiger partial charge in [0.25, 0.3) is 5.91 Å². The number of thiophene rings is 1. The number of amides is 1. The zero-order chi connectivity index (χ0) is 19.6. The summed E-state index contributed by atoms with van der Waals surface area (Å²) in [6.07, 6.45) is 4.65. The zero-order valence-corrected chi connectivity index (χ0v) is 15.9. The smallest absolute Gasteiger partial charge is 0.341 e. The fourth-order valence-corrected chi connectivity index (χ4v) is 4.49. The van der Waals surface area contributed by atoms with Crippen LogP contribution in [0.1, 0.15) is 58.0 Å². The van der Waals surface area contributed by atoms with E-state index in [4.69, 9.17) is 4.74 Å². The average molecular weight is 392 g/mol. The molecule has 3 rings (SSSR count). The predicted molar refractivity (Wildman–Crippen MR) is 99.4 cm³/mol. The van der Waals surface area contributed by atoms with Crippen LogP contribution in [0.2, 0.25) is 0 Å². The first kappa shape index (κ1) is 19.0. The number of carbonyl (C=O) groups excluding carboxylic acids is 2. The van der Waals surface area contributed by atoms with Gasteiger partial charge >= 0.3 is 11.7 Å². The molecule has 0 saturated heterocycles. The maximum Gasteiger partial charge on any atom is 0.341 e. The Morgan fingerprint density at radius 3 is 2.78 bits per heavy atom. The van der Waals surface area contributed by atoms with Crippen LogP contribution in [0.25, 0.3) is 0 Å². The minimum absolute atomic E-state index is 0.135. The molecule has 0 aliphatic heterocycles. The zero-order valence-electron chi connectivity index (χ0n) is 15.1. The highest BCUT2D eigenvalue weighted by Gasteiger charge is 2.31. The van der Waals surface area contributed by atoms with Gasteiger partial charge in [0, 0.05) is 11.4 Å². The number of nitrogens with zero attached hydrogens (tertiary/aromatic N) is 3. The number of carbonyl (C=O) groups is 2. The van der Waals surface area contributed by atoms with Crippen LogP contribution < -0.4 is 5.32 Å². The van der Waals surface area contributed by atoms with Crippen molar-refractivity contribution in [3.05, 3.63) is 38.0 Å². The first-order valence-electron chi connectivity index (χ1n) is 8.81. The maximum absolute atomic E-state index is 12.8. The molecule has 1 amide bonds. The van der Waals surface area contributed by atoms with E-state index in [0.29, 0.717) is 17.1 Å². The van der Waals surface area contributed by atoms with E-state index in [1.165, 1.54) is 16.0 Å². The monoisotopic (exact) mass is 392 g/mol. The second-order valence-electron chi connectivity index (χ2n) is 6.04. The van der Waals surface area contributed by atoms with Gasteiger partial charge in [0.15, 0.2) is 0 Å². The number of ether oxygens (including phenoxy) is 1. The van der Waals surface area contributed by atoms with Crippen LogP contribution in [-0.2, 0) is 24.1 Å². The van der Waals surface area contributed by atoms with Gasteiger partial charge in [-0.3, -0.25) is 19.6 Å². The number of anilines is 1. The van der Waals surface area contributed by atoms with Crippen molar-refractivity contribution in [3.8, 4) is 0 Å². The van der Waals surface area contributed by atoms with Crippen LogP contribution in [0.4, 0.5) is 10.7 Å². The molecule has 0 saturated carbocycles. The molecule has 10 heteroatoms. The van der Waals surface area contributed by atoms with Crippen molar-refractivity contribution in [1.82, 2.24) is 9.78 Å². The first-order chi connectivity index (χ1) is 13.0. The van der Waals surface area contributed by atoms with Crippen molar-refractivity contribution >= 4 is 33.9 Å². The molecule has 0 unspecified atom stereocenters. The molecule has 0 radical (unpaired) electrons. The lowest BCUT2D eigenvalue weighted by Gasteiger charge is -2.12. The lowest BCUT2D eigenvalue weighted by molar-refractivity contribution is -0.385. The number of fused-ring (bicyclic) bond motifs is 1. The standard InChI is InChI=1S/C17H20N4O5S/c1-3-20-14(11(9-18-20)21(24)25)15(22)19-16-13(17(23)26-4-2)10-7-5-6-8-12(10)27-16/h9H,3-8H2,1-2H3,(H,19,22). The Balaban J connectivity index is 2.00. The highest BCUT2D eigenvalue weighted by Crippen LogP contribution is 2.39. The molecule has 0 atom stereocenters. The van der Waals surface area contributed by atoms with Gasteiger partial charge in [0.05, 0.1) is 17.1 Å². The van der Waals surface area contributed by atoms with E-state index in [-0.39, 0.29) is 18.0 Å². The quantitative estimate of drug-likeness (QED) is 0.458. The molecule has 2 heterocycles. The molecule has 2 aromatic heterocycles. The SMILES string of the molecule is CCOC(=O)c1c(NC(=O)c2c([N+](=O)[O-])cnn2CC)sc2c1CCCC2. The molecule has 9 nitrogen and oxygen atoms in total. The molecule has 1 aliphatic rings. The van der Waals surface area contributed by atoms with Crippen molar-refractivity contribution in [2.24, 2.45) is 0 Å². The summed E-state index contributed by atoms with van der Waals surface area (Å²) in [5, 5.41) is 18.2. The number of nitrogens with one attached hydrogen (secondary N) is 1. The number of aromatic nitrogens is 2. The van der Waals surface area contributed by atoms with Gasteiger partial charge in [-0.05, 0) is 45.1 Å². The molecule has 0 aromatic carbocycles. The minimum Gasteiger partial charge on any atom is -0.462 e. The van der Waals surface area contributed by atoms with E-state index < -0.39 is 16.8 Å². The second kappa shape index (κ2) is 7.87. The van der Waals surface area contributed by atoms with Crippen LogP contribution in [0, 0.1) is 10.1 Å². The van der Waals surface area contributed by atoms with Crippen molar-refractivity contribution in [2.45, 2.75) is 46.1 Å². The third-order valence-electron chi connectivity index (χ3n) is 4.41. The van der Waals surface area contributed by atoms with Crippen molar-refractivity contribution in [2.75, 3.05) is 11.9 Å². The van der Waals surface area contributed by atoms with Crippen molar-refractivity contribution in [3.63, 3.8) is 0 Å². The highest BCUT2D eigenvalue weighted by atomic mass is 32.1. The Labute approximate surface area is 159 Å². The van der Waals surface area contributed by atoms with Crippen molar-refractivity contribution in [1.29, 1.82) is 0 Å². The van der Waals surface area contributed by atoms with Crippen LogP contribution in [0.3, 0.4) is 0 Å². The van der Waals surface area contributed by atoms with E-state index in [1.54, 1.807) is 13.8 Å². The minimum atomic E-state index is -0.662. The summed E-state index contributed by atoms with van der Waals surface area (Å²) in [6, 6.07) is 0. The number of hydrogen-bond acceptors (Lipinski definition) is 7. The van der Waals surface area contributed by atoms with E-state index in [2.05, 4.69) is 10.4 Å². The topological polar surface area (TPSA) is 116 Å². The van der Waals surface area contributed by atoms with Gasteiger partial charge in [-0.2, -0.15) is 5.10 Å². The number of nitro groups is 1. The predicted octanol–water partition coefficient (Wildman–Crippen LogP) is 3.18. The van der Waals surface area contributed by atoms with E-state index in [9.17, 15) is 19.7 Å². The average Bonchev–Trinajstić information content (AvgIpc) is 3.22. The Kier molecular flexibility index (Phi) is 5.54. The van der Waals surface area contributed by atoms with E-state index in [1.807, 2.05) is 0 Å².